The first kappa shape index (κ1) is 28.6. The molecule has 2 aromatic carbocycles. The minimum absolute atomic E-state index is 0.0526. The summed E-state index contributed by atoms with van der Waals surface area (Å²) in [5.41, 5.74) is 2.86. The molecule has 0 N–H and O–H groups in total. The highest BCUT2D eigenvalue weighted by Crippen LogP contribution is 2.24. The van der Waals surface area contributed by atoms with Crippen LogP contribution < -0.4 is 9.47 Å². The Morgan fingerprint density at radius 1 is 0.649 bits per heavy atom. The molecule has 200 valence electrons. The van der Waals surface area contributed by atoms with Crippen molar-refractivity contribution in [1.82, 2.24) is 9.97 Å². The third kappa shape index (κ3) is 10.1. The summed E-state index contributed by atoms with van der Waals surface area (Å²) in [5.74, 6) is 2.17. The van der Waals surface area contributed by atoms with Gasteiger partial charge in [0.15, 0.2) is 5.82 Å². The average molecular weight is 507 g/mol. The summed E-state index contributed by atoms with van der Waals surface area (Å²) in [6.45, 7) is 6.79. The standard InChI is InChI=1S/C32H43FN2O2/c1-4-5-6-7-8-9-10-11-12-21-36-29-19-15-27(16-20-29)32-34-22-28(23-35-32)26-13-17-30(18-14-26)37-24-31(33)25(2)3/h13-20,22-23,25,31H,4-12,21,24H2,1-3H3. The highest BCUT2D eigenvalue weighted by Gasteiger charge is 2.12. The van der Waals surface area contributed by atoms with Gasteiger partial charge < -0.3 is 9.47 Å². The number of halogens is 1. The van der Waals surface area contributed by atoms with Gasteiger partial charge in [0.1, 0.15) is 24.3 Å². The van der Waals surface area contributed by atoms with Crippen molar-refractivity contribution >= 4 is 0 Å². The van der Waals surface area contributed by atoms with Gasteiger partial charge >= 0.3 is 0 Å². The molecule has 0 fully saturated rings. The number of unbranched alkanes of at least 4 members (excludes halogenated alkanes) is 8. The highest BCUT2D eigenvalue weighted by molar-refractivity contribution is 5.64. The summed E-state index contributed by atoms with van der Waals surface area (Å²) in [6, 6.07) is 15.6. The lowest BCUT2D eigenvalue weighted by molar-refractivity contribution is 0.155. The summed E-state index contributed by atoms with van der Waals surface area (Å²) in [4.78, 5) is 9.10. The number of aromatic nitrogens is 2. The van der Waals surface area contributed by atoms with E-state index in [2.05, 4.69) is 16.9 Å². The van der Waals surface area contributed by atoms with Crippen LogP contribution in [-0.2, 0) is 0 Å². The van der Waals surface area contributed by atoms with Gasteiger partial charge in [0, 0.05) is 23.5 Å². The van der Waals surface area contributed by atoms with Crippen molar-refractivity contribution in [2.24, 2.45) is 5.92 Å². The summed E-state index contributed by atoms with van der Waals surface area (Å²) < 4.78 is 25.2. The molecule has 1 aromatic heterocycles. The lowest BCUT2D eigenvalue weighted by Gasteiger charge is -2.13. The smallest absolute Gasteiger partial charge is 0.159 e. The van der Waals surface area contributed by atoms with Crippen molar-refractivity contribution in [2.75, 3.05) is 13.2 Å². The summed E-state index contributed by atoms with van der Waals surface area (Å²) in [5, 5.41) is 0. The van der Waals surface area contributed by atoms with Crippen molar-refractivity contribution in [2.45, 2.75) is 84.7 Å². The van der Waals surface area contributed by atoms with E-state index in [9.17, 15) is 4.39 Å². The molecule has 1 atom stereocenters. The molecule has 37 heavy (non-hydrogen) atoms. The summed E-state index contributed by atoms with van der Waals surface area (Å²) in [6.07, 6.45) is 14.5. The molecular weight excluding hydrogens is 463 g/mol. The van der Waals surface area contributed by atoms with Crippen LogP contribution in [0.25, 0.3) is 22.5 Å². The number of hydrogen-bond acceptors (Lipinski definition) is 4. The van der Waals surface area contributed by atoms with Crippen LogP contribution in [0, 0.1) is 5.92 Å². The van der Waals surface area contributed by atoms with Crippen molar-refractivity contribution < 1.29 is 13.9 Å². The van der Waals surface area contributed by atoms with Crippen molar-refractivity contribution in [1.29, 1.82) is 0 Å². The van der Waals surface area contributed by atoms with Crippen molar-refractivity contribution in [3.63, 3.8) is 0 Å². The van der Waals surface area contributed by atoms with Crippen LogP contribution in [0.5, 0.6) is 11.5 Å². The van der Waals surface area contributed by atoms with E-state index in [-0.39, 0.29) is 12.5 Å². The molecule has 0 bridgehead atoms. The molecule has 0 saturated carbocycles. The number of hydrogen-bond donors (Lipinski definition) is 0. The normalized spacial score (nSPS) is 12.0. The molecular formula is C32H43FN2O2. The highest BCUT2D eigenvalue weighted by atomic mass is 19.1. The first-order chi connectivity index (χ1) is 18.1. The maximum atomic E-state index is 13.8. The fraction of sp³-hybridized carbons (Fsp3) is 0.500. The van der Waals surface area contributed by atoms with Crippen LogP contribution in [0.15, 0.2) is 60.9 Å². The monoisotopic (exact) mass is 506 g/mol. The molecule has 0 saturated heterocycles. The minimum Gasteiger partial charge on any atom is -0.494 e. The van der Waals surface area contributed by atoms with E-state index in [0.717, 1.165) is 35.5 Å². The Labute approximate surface area is 222 Å². The fourth-order valence-corrected chi connectivity index (χ4v) is 4.04. The Bertz CT molecular complexity index is 1000. The molecule has 0 aliphatic heterocycles. The van der Waals surface area contributed by atoms with E-state index in [1.165, 1.54) is 51.4 Å². The topological polar surface area (TPSA) is 44.2 Å². The molecule has 1 heterocycles. The predicted octanol–water partition coefficient (Wildman–Crippen LogP) is 9.09. The van der Waals surface area contributed by atoms with Crippen LogP contribution in [0.1, 0.15) is 78.6 Å². The lowest BCUT2D eigenvalue weighted by atomic mass is 10.1. The molecule has 1 unspecified atom stereocenters. The van der Waals surface area contributed by atoms with E-state index < -0.39 is 6.17 Å². The molecule has 0 aliphatic rings. The van der Waals surface area contributed by atoms with Crippen LogP contribution >= 0.6 is 0 Å². The molecule has 0 spiro atoms. The Morgan fingerprint density at radius 3 is 1.73 bits per heavy atom. The Kier molecular flexibility index (Phi) is 12.4. The third-order valence-corrected chi connectivity index (χ3v) is 6.60. The molecule has 0 amide bonds. The Hall–Kier alpha value is -2.95. The van der Waals surface area contributed by atoms with Gasteiger partial charge in [0.25, 0.3) is 0 Å². The third-order valence-electron chi connectivity index (χ3n) is 6.60. The Morgan fingerprint density at radius 2 is 1.16 bits per heavy atom. The van der Waals surface area contributed by atoms with E-state index in [1.54, 1.807) is 0 Å². The van der Waals surface area contributed by atoms with Gasteiger partial charge in [0.05, 0.1) is 6.61 Å². The number of nitrogens with zero attached hydrogens (tertiary/aromatic N) is 2. The van der Waals surface area contributed by atoms with Crippen molar-refractivity contribution in [3.05, 3.63) is 60.9 Å². The van der Waals surface area contributed by atoms with E-state index >= 15 is 0 Å². The summed E-state index contributed by atoms with van der Waals surface area (Å²) in [7, 11) is 0. The van der Waals surface area contributed by atoms with Gasteiger partial charge in [0.2, 0.25) is 0 Å². The van der Waals surface area contributed by atoms with Crippen LogP contribution in [0.2, 0.25) is 0 Å². The summed E-state index contributed by atoms with van der Waals surface area (Å²) >= 11 is 0. The second kappa shape index (κ2) is 16.0. The van der Waals surface area contributed by atoms with Gasteiger partial charge in [-0.05, 0) is 54.3 Å². The van der Waals surface area contributed by atoms with Crippen LogP contribution in [0.3, 0.4) is 0 Å². The predicted molar refractivity (Wildman–Crippen MR) is 151 cm³/mol. The van der Waals surface area contributed by atoms with Crippen LogP contribution in [-0.4, -0.2) is 29.4 Å². The van der Waals surface area contributed by atoms with Gasteiger partial charge in [-0.1, -0.05) is 84.3 Å². The molecule has 3 rings (SSSR count). The first-order valence-corrected chi connectivity index (χ1v) is 14.0. The minimum atomic E-state index is -0.971. The van der Waals surface area contributed by atoms with Crippen LogP contribution in [0.4, 0.5) is 4.39 Å². The van der Waals surface area contributed by atoms with E-state index in [1.807, 2.05) is 74.8 Å². The zero-order chi connectivity index (χ0) is 26.3. The van der Waals surface area contributed by atoms with E-state index in [4.69, 9.17) is 9.47 Å². The zero-order valence-corrected chi connectivity index (χ0v) is 22.8. The van der Waals surface area contributed by atoms with Crippen molar-refractivity contribution in [3.8, 4) is 34.0 Å². The average Bonchev–Trinajstić information content (AvgIpc) is 2.93. The SMILES string of the molecule is CCCCCCCCCCCOc1ccc(-c2ncc(-c3ccc(OCC(F)C(C)C)cc3)cn2)cc1. The number of alkyl halides is 1. The maximum Gasteiger partial charge on any atom is 0.159 e. The number of rotatable bonds is 17. The molecule has 4 nitrogen and oxygen atoms in total. The van der Waals surface area contributed by atoms with Gasteiger partial charge in [-0.25, -0.2) is 14.4 Å². The van der Waals surface area contributed by atoms with E-state index in [0.29, 0.717) is 11.6 Å². The van der Waals surface area contributed by atoms with Gasteiger partial charge in [-0.2, -0.15) is 0 Å². The fourth-order valence-electron chi connectivity index (χ4n) is 4.04. The molecule has 0 aliphatic carbocycles. The number of ether oxygens (including phenoxy) is 2. The second-order valence-corrected chi connectivity index (χ2v) is 10.1. The Balaban J connectivity index is 1.40. The van der Waals surface area contributed by atoms with Gasteiger partial charge in [-0.15, -0.1) is 0 Å². The first-order valence-electron chi connectivity index (χ1n) is 14.0. The maximum absolute atomic E-state index is 13.8. The second-order valence-electron chi connectivity index (χ2n) is 10.1. The number of benzene rings is 2. The molecule has 3 aromatic rings. The largest absolute Gasteiger partial charge is 0.494 e. The molecule has 0 radical (unpaired) electrons. The lowest BCUT2D eigenvalue weighted by Crippen LogP contribution is -2.18. The molecule has 5 heteroatoms. The zero-order valence-electron chi connectivity index (χ0n) is 22.8. The quantitative estimate of drug-likeness (QED) is 0.171. The van der Waals surface area contributed by atoms with Gasteiger partial charge in [-0.3, -0.25) is 0 Å².